The molecule has 0 spiro atoms. The van der Waals surface area contributed by atoms with Gasteiger partial charge in [0.25, 0.3) is 0 Å². The second-order valence-electron chi connectivity index (χ2n) is 4.20. The van der Waals surface area contributed by atoms with Crippen LogP contribution in [0.15, 0.2) is 24.3 Å². The van der Waals surface area contributed by atoms with Crippen molar-refractivity contribution in [3.8, 4) is 11.4 Å². The highest BCUT2D eigenvalue weighted by atomic mass is 35.5. The third kappa shape index (κ3) is 2.29. The number of hydrogen-bond donors (Lipinski definition) is 1. The number of benzene rings is 1. The summed E-state index contributed by atoms with van der Waals surface area (Å²) in [6.45, 7) is 1.98. The van der Waals surface area contributed by atoms with Gasteiger partial charge in [0.05, 0.1) is 15.6 Å². The van der Waals surface area contributed by atoms with Crippen molar-refractivity contribution in [3.63, 3.8) is 0 Å². The number of imidazole rings is 1. The molecule has 0 saturated carbocycles. The van der Waals surface area contributed by atoms with Gasteiger partial charge in [-0.2, -0.15) is 0 Å². The van der Waals surface area contributed by atoms with Crippen molar-refractivity contribution in [2.75, 3.05) is 0 Å². The Morgan fingerprint density at radius 2 is 1.79 bits per heavy atom. The number of rotatable bonds is 1. The highest BCUT2D eigenvalue weighted by Gasteiger charge is 2.11. The summed E-state index contributed by atoms with van der Waals surface area (Å²) in [5.41, 5.74) is 3.15. The third-order valence-corrected chi connectivity index (χ3v) is 3.75. The first-order valence-electron chi connectivity index (χ1n) is 5.53. The van der Waals surface area contributed by atoms with E-state index in [9.17, 15) is 0 Å². The average molecular weight is 313 g/mol. The molecular formula is C13H8Cl3N3. The first kappa shape index (κ1) is 12.7. The van der Waals surface area contributed by atoms with Crippen molar-refractivity contribution in [2.45, 2.75) is 6.92 Å². The first-order valence-corrected chi connectivity index (χ1v) is 6.66. The standard InChI is InChI=1S/C13H8Cl3N3/c1-6-2-3-7(8(14)4-6)12-17-10-5-9(15)11(16)18-13(10)19-12/h2-5H,1H3,(H,17,18,19). The number of hydrogen-bond acceptors (Lipinski definition) is 2. The van der Waals surface area contributed by atoms with E-state index in [1.807, 2.05) is 25.1 Å². The van der Waals surface area contributed by atoms with Gasteiger partial charge in [-0.25, -0.2) is 9.97 Å². The summed E-state index contributed by atoms with van der Waals surface area (Å²) in [5, 5.41) is 1.26. The van der Waals surface area contributed by atoms with Crippen LogP contribution in [-0.4, -0.2) is 15.0 Å². The molecule has 1 aromatic carbocycles. The van der Waals surface area contributed by atoms with Crippen molar-refractivity contribution in [1.82, 2.24) is 15.0 Å². The molecule has 2 aromatic heterocycles. The molecule has 0 saturated heterocycles. The van der Waals surface area contributed by atoms with Gasteiger partial charge in [-0.3, -0.25) is 0 Å². The molecule has 2 heterocycles. The van der Waals surface area contributed by atoms with Gasteiger partial charge in [-0.05, 0) is 30.7 Å². The number of aryl methyl sites for hydroxylation is 1. The lowest BCUT2D eigenvalue weighted by Crippen LogP contribution is -1.83. The summed E-state index contributed by atoms with van der Waals surface area (Å²) in [6, 6.07) is 7.47. The quantitative estimate of drug-likeness (QED) is 0.650. The Morgan fingerprint density at radius 1 is 1.00 bits per heavy atom. The van der Waals surface area contributed by atoms with E-state index in [1.165, 1.54) is 0 Å². The van der Waals surface area contributed by atoms with Crippen molar-refractivity contribution in [2.24, 2.45) is 0 Å². The smallest absolute Gasteiger partial charge is 0.179 e. The fourth-order valence-corrected chi connectivity index (χ4v) is 2.45. The minimum Gasteiger partial charge on any atom is -0.336 e. The van der Waals surface area contributed by atoms with Gasteiger partial charge in [0.2, 0.25) is 0 Å². The lowest BCUT2D eigenvalue weighted by atomic mass is 10.1. The van der Waals surface area contributed by atoms with Crippen LogP contribution in [0, 0.1) is 6.92 Å². The molecule has 3 rings (SSSR count). The largest absolute Gasteiger partial charge is 0.336 e. The maximum atomic E-state index is 6.22. The second-order valence-corrected chi connectivity index (χ2v) is 5.37. The number of aromatic amines is 1. The molecule has 0 aliphatic rings. The molecule has 0 fully saturated rings. The summed E-state index contributed by atoms with van der Waals surface area (Å²) in [4.78, 5) is 11.6. The van der Waals surface area contributed by atoms with E-state index in [1.54, 1.807) is 6.07 Å². The number of halogens is 3. The first-order chi connectivity index (χ1) is 9.04. The maximum absolute atomic E-state index is 6.22. The number of nitrogens with zero attached hydrogens (tertiary/aromatic N) is 2. The summed E-state index contributed by atoms with van der Waals surface area (Å²) in [6.07, 6.45) is 0. The monoisotopic (exact) mass is 311 g/mol. The molecule has 0 aliphatic carbocycles. The van der Waals surface area contributed by atoms with Crippen molar-refractivity contribution in [3.05, 3.63) is 45.0 Å². The van der Waals surface area contributed by atoms with Crippen LogP contribution in [-0.2, 0) is 0 Å². The molecule has 6 heteroatoms. The summed E-state index contributed by atoms with van der Waals surface area (Å²) >= 11 is 18.0. The van der Waals surface area contributed by atoms with Crippen molar-refractivity contribution >= 4 is 46.0 Å². The average Bonchev–Trinajstić information content (AvgIpc) is 2.72. The zero-order valence-electron chi connectivity index (χ0n) is 9.84. The Hall–Kier alpha value is -1.29. The van der Waals surface area contributed by atoms with E-state index < -0.39 is 0 Å². The molecule has 3 aromatic rings. The Kier molecular flexibility index (Phi) is 3.13. The predicted molar refractivity (Wildman–Crippen MR) is 79.1 cm³/mol. The topological polar surface area (TPSA) is 41.6 Å². The lowest BCUT2D eigenvalue weighted by Gasteiger charge is -2.01. The third-order valence-electron chi connectivity index (χ3n) is 2.76. The normalized spacial score (nSPS) is 11.2. The molecule has 96 valence electrons. The number of pyridine rings is 1. The van der Waals surface area contributed by atoms with E-state index in [0.29, 0.717) is 21.5 Å². The maximum Gasteiger partial charge on any atom is 0.179 e. The van der Waals surface area contributed by atoms with Crippen LogP contribution in [0.25, 0.3) is 22.6 Å². The predicted octanol–water partition coefficient (Wildman–Crippen LogP) is 4.89. The van der Waals surface area contributed by atoms with Crippen molar-refractivity contribution in [1.29, 1.82) is 0 Å². The molecule has 19 heavy (non-hydrogen) atoms. The van der Waals surface area contributed by atoms with E-state index >= 15 is 0 Å². The lowest BCUT2D eigenvalue weighted by molar-refractivity contribution is 1.30. The second kappa shape index (κ2) is 4.67. The van der Waals surface area contributed by atoms with Crippen LogP contribution < -0.4 is 0 Å². The highest BCUT2D eigenvalue weighted by Crippen LogP contribution is 2.30. The molecular weight excluding hydrogens is 305 g/mol. The Balaban J connectivity index is 2.20. The van der Waals surface area contributed by atoms with Gasteiger partial charge >= 0.3 is 0 Å². The summed E-state index contributed by atoms with van der Waals surface area (Å²) in [7, 11) is 0. The van der Waals surface area contributed by atoms with Gasteiger partial charge in [-0.1, -0.05) is 40.9 Å². The van der Waals surface area contributed by atoms with E-state index in [0.717, 1.165) is 16.6 Å². The number of H-pyrrole nitrogens is 1. The van der Waals surface area contributed by atoms with Gasteiger partial charge in [-0.15, -0.1) is 0 Å². The minimum atomic E-state index is 0.238. The Morgan fingerprint density at radius 3 is 2.53 bits per heavy atom. The molecule has 0 amide bonds. The van der Waals surface area contributed by atoms with Crippen molar-refractivity contribution < 1.29 is 0 Å². The fourth-order valence-electron chi connectivity index (χ4n) is 1.84. The van der Waals surface area contributed by atoms with Gasteiger partial charge in [0.1, 0.15) is 11.0 Å². The zero-order chi connectivity index (χ0) is 13.6. The molecule has 0 aliphatic heterocycles. The SMILES string of the molecule is Cc1ccc(-c2nc3nc(Cl)c(Cl)cc3[nH]2)c(Cl)c1. The molecule has 0 bridgehead atoms. The minimum absolute atomic E-state index is 0.238. The van der Waals surface area contributed by atoms with Crippen LogP contribution >= 0.6 is 34.8 Å². The van der Waals surface area contributed by atoms with Gasteiger partial charge in [0, 0.05) is 5.56 Å². The highest BCUT2D eigenvalue weighted by molar-refractivity contribution is 6.41. The molecule has 0 atom stereocenters. The zero-order valence-corrected chi connectivity index (χ0v) is 12.1. The van der Waals surface area contributed by atoms with Crippen LogP contribution in [0.4, 0.5) is 0 Å². The van der Waals surface area contributed by atoms with Gasteiger partial charge in [0.15, 0.2) is 5.65 Å². The number of aromatic nitrogens is 3. The summed E-state index contributed by atoms with van der Waals surface area (Å²) in [5.74, 6) is 0.644. The summed E-state index contributed by atoms with van der Waals surface area (Å²) < 4.78 is 0. The molecule has 0 radical (unpaired) electrons. The van der Waals surface area contributed by atoms with Crippen LogP contribution in [0.5, 0.6) is 0 Å². The van der Waals surface area contributed by atoms with E-state index in [4.69, 9.17) is 34.8 Å². The van der Waals surface area contributed by atoms with Crippen LogP contribution in [0.1, 0.15) is 5.56 Å². The van der Waals surface area contributed by atoms with Gasteiger partial charge < -0.3 is 4.98 Å². The molecule has 1 N–H and O–H groups in total. The number of fused-ring (bicyclic) bond motifs is 1. The number of nitrogens with one attached hydrogen (secondary N) is 1. The fraction of sp³-hybridized carbons (Fsp3) is 0.0769. The van der Waals surface area contributed by atoms with E-state index in [2.05, 4.69) is 15.0 Å². The Bertz CT molecular complexity index is 741. The van der Waals surface area contributed by atoms with Crippen LogP contribution in [0.3, 0.4) is 0 Å². The Labute approximate surface area is 124 Å². The molecule has 3 nitrogen and oxygen atoms in total. The van der Waals surface area contributed by atoms with Crippen LogP contribution in [0.2, 0.25) is 15.2 Å². The van der Waals surface area contributed by atoms with E-state index in [-0.39, 0.29) is 5.15 Å². The molecule has 0 unspecified atom stereocenters.